The highest BCUT2D eigenvalue weighted by molar-refractivity contribution is 5.99. The summed E-state index contributed by atoms with van der Waals surface area (Å²) in [5.41, 5.74) is -1.98. The molecule has 110 valence electrons. The third kappa shape index (κ3) is 3.71. The minimum atomic E-state index is -1.33. The van der Waals surface area contributed by atoms with Gasteiger partial charge in [-0.3, -0.25) is 9.59 Å². The molecule has 1 aliphatic carbocycles. The van der Waals surface area contributed by atoms with Crippen molar-refractivity contribution >= 4 is 11.9 Å². The van der Waals surface area contributed by atoms with Gasteiger partial charge >= 0.3 is 11.9 Å². The molecule has 1 aliphatic rings. The normalized spacial score (nSPS) is 28.2. The highest BCUT2D eigenvalue weighted by Gasteiger charge is 2.51. The molecule has 4 nitrogen and oxygen atoms in total. The van der Waals surface area contributed by atoms with Crippen molar-refractivity contribution in [2.75, 3.05) is 0 Å². The van der Waals surface area contributed by atoms with Crippen LogP contribution in [-0.2, 0) is 14.3 Å². The number of aliphatic carboxylic acids is 1. The smallest absolute Gasteiger partial charge is 0.323 e. The van der Waals surface area contributed by atoms with E-state index < -0.39 is 23.0 Å². The largest absolute Gasteiger partial charge is 0.480 e. The summed E-state index contributed by atoms with van der Waals surface area (Å²) in [7, 11) is 0. The third-order valence-corrected chi connectivity index (χ3v) is 4.03. The van der Waals surface area contributed by atoms with Crippen LogP contribution in [0.25, 0.3) is 0 Å². The highest BCUT2D eigenvalue weighted by atomic mass is 16.6. The number of hydrogen-bond acceptors (Lipinski definition) is 3. The van der Waals surface area contributed by atoms with Crippen molar-refractivity contribution in [1.29, 1.82) is 0 Å². The van der Waals surface area contributed by atoms with Crippen LogP contribution in [0.3, 0.4) is 0 Å². The first-order valence-corrected chi connectivity index (χ1v) is 7.05. The Hall–Kier alpha value is -1.06. The zero-order valence-corrected chi connectivity index (χ0v) is 12.7. The van der Waals surface area contributed by atoms with Crippen LogP contribution in [0.4, 0.5) is 0 Å². The summed E-state index contributed by atoms with van der Waals surface area (Å²) in [4.78, 5) is 23.8. The lowest BCUT2D eigenvalue weighted by molar-refractivity contribution is -0.180. The summed E-state index contributed by atoms with van der Waals surface area (Å²) < 4.78 is 5.32. The number of ether oxygens (including phenoxy) is 1. The maximum absolute atomic E-state index is 12.3. The van der Waals surface area contributed by atoms with Crippen molar-refractivity contribution in [3.8, 4) is 0 Å². The van der Waals surface area contributed by atoms with E-state index in [4.69, 9.17) is 4.74 Å². The Kier molecular flexibility index (Phi) is 4.64. The monoisotopic (exact) mass is 270 g/mol. The molecule has 1 saturated carbocycles. The van der Waals surface area contributed by atoms with Gasteiger partial charge in [-0.05, 0) is 58.3 Å². The summed E-state index contributed by atoms with van der Waals surface area (Å²) in [6, 6.07) is 0. The van der Waals surface area contributed by atoms with Gasteiger partial charge < -0.3 is 9.84 Å². The fourth-order valence-electron chi connectivity index (χ4n) is 2.68. The molecule has 1 fully saturated rings. The lowest BCUT2D eigenvalue weighted by Crippen LogP contribution is -2.46. The molecule has 1 rings (SSSR count). The Morgan fingerprint density at radius 2 is 1.68 bits per heavy atom. The van der Waals surface area contributed by atoms with Crippen LogP contribution < -0.4 is 0 Å². The van der Waals surface area contributed by atoms with Crippen molar-refractivity contribution in [2.45, 2.75) is 65.9 Å². The molecule has 0 atom stereocenters. The number of carbonyl (C=O) groups excluding carboxylic acids is 1. The second-order valence-electron chi connectivity index (χ2n) is 6.97. The fourth-order valence-corrected chi connectivity index (χ4v) is 2.68. The van der Waals surface area contributed by atoms with Gasteiger partial charge in [-0.25, -0.2) is 0 Å². The number of hydrogen-bond donors (Lipinski definition) is 1. The van der Waals surface area contributed by atoms with E-state index in [1.165, 1.54) is 0 Å². The van der Waals surface area contributed by atoms with Crippen LogP contribution in [-0.4, -0.2) is 22.6 Å². The molecule has 0 bridgehead atoms. The second-order valence-corrected chi connectivity index (χ2v) is 6.97. The highest BCUT2D eigenvalue weighted by Crippen LogP contribution is 2.43. The van der Waals surface area contributed by atoms with Crippen LogP contribution in [0.15, 0.2) is 0 Å². The van der Waals surface area contributed by atoms with Gasteiger partial charge in [0.25, 0.3) is 0 Å². The molecule has 0 spiro atoms. The quantitative estimate of drug-likeness (QED) is 0.631. The Labute approximate surface area is 115 Å². The third-order valence-electron chi connectivity index (χ3n) is 4.03. The molecule has 0 aromatic rings. The van der Waals surface area contributed by atoms with Crippen molar-refractivity contribution in [2.24, 2.45) is 17.3 Å². The Morgan fingerprint density at radius 3 is 2.00 bits per heavy atom. The summed E-state index contributed by atoms with van der Waals surface area (Å²) >= 11 is 0. The second kappa shape index (κ2) is 5.51. The van der Waals surface area contributed by atoms with Crippen LogP contribution >= 0.6 is 0 Å². The zero-order chi connectivity index (χ0) is 14.8. The minimum absolute atomic E-state index is 0.389. The average Bonchev–Trinajstić information content (AvgIpc) is 2.26. The van der Waals surface area contributed by atoms with Crippen LogP contribution in [0, 0.1) is 17.3 Å². The van der Waals surface area contributed by atoms with Gasteiger partial charge in [0.2, 0.25) is 0 Å². The number of carboxylic acids is 1. The molecular formula is C15H26O4. The van der Waals surface area contributed by atoms with E-state index >= 15 is 0 Å². The summed E-state index contributed by atoms with van der Waals surface area (Å²) in [5.74, 6) is -0.570. The van der Waals surface area contributed by atoms with Crippen molar-refractivity contribution in [1.82, 2.24) is 0 Å². The molecule has 0 unspecified atom stereocenters. The first kappa shape index (κ1) is 16.0. The van der Waals surface area contributed by atoms with Gasteiger partial charge in [-0.1, -0.05) is 13.8 Å². The maximum atomic E-state index is 12.3. The first-order chi connectivity index (χ1) is 8.58. The Balaban J connectivity index is 2.84. The van der Waals surface area contributed by atoms with E-state index in [1.807, 2.05) is 0 Å². The number of esters is 1. The zero-order valence-electron chi connectivity index (χ0n) is 12.7. The van der Waals surface area contributed by atoms with E-state index in [1.54, 1.807) is 20.8 Å². The molecular weight excluding hydrogens is 244 g/mol. The standard InChI is InChI=1S/C15H26O4/c1-10(2)11-6-8-15(9-7-11,12(16)17)13(18)19-14(3,4)5/h10-11H,6-9H2,1-5H3,(H,16,17). The van der Waals surface area contributed by atoms with Crippen molar-refractivity contribution in [3.63, 3.8) is 0 Å². The van der Waals surface area contributed by atoms with E-state index in [-0.39, 0.29) is 0 Å². The van der Waals surface area contributed by atoms with E-state index in [2.05, 4.69) is 13.8 Å². The first-order valence-electron chi connectivity index (χ1n) is 7.05. The van der Waals surface area contributed by atoms with Crippen molar-refractivity contribution in [3.05, 3.63) is 0 Å². The Bertz CT molecular complexity index is 344. The van der Waals surface area contributed by atoms with E-state index in [0.29, 0.717) is 24.7 Å². The fraction of sp³-hybridized carbons (Fsp3) is 0.867. The molecule has 0 aromatic heterocycles. The van der Waals surface area contributed by atoms with Gasteiger partial charge in [0.05, 0.1) is 0 Å². The molecule has 0 aliphatic heterocycles. The molecule has 1 N–H and O–H groups in total. The van der Waals surface area contributed by atoms with Gasteiger partial charge in [-0.2, -0.15) is 0 Å². The number of carboxylic acid groups (broad SMARTS) is 1. The molecule has 4 heteroatoms. The minimum Gasteiger partial charge on any atom is -0.480 e. The summed E-state index contributed by atoms with van der Waals surface area (Å²) in [6.45, 7) is 9.58. The SMILES string of the molecule is CC(C)C1CCC(C(=O)O)(C(=O)OC(C)(C)C)CC1. The topological polar surface area (TPSA) is 63.6 Å². The van der Waals surface area contributed by atoms with Crippen LogP contribution in [0.5, 0.6) is 0 Å². The van der Waals surface area contributed by atoms with E-state index in [9.17, 15) is 14.7 Å². The molecule has 0 amide bonds. The Morgan fingerprint density at radius 1 is 1.21 bits per heavy atom. The summed E-state index contributed by atoms with van der Waals surface area (Å²) in [6.07, 6.45) is 2.34. The predicted octanol–water partition coefficient (Wildman–Crippen LogP) is 3.25. The number of rotatable bonds is 3. The van der Waals surface area contributed by atoms with Crippen LogP contribution in [0.2, 0.25) is 0 Å². The molecule has 0 heterocycles. The van der Waals surface area contributed by atoms with E-state index in [0.717, 1.165) is 12.8 Å². The molecule has 19 heavy (non-hydrogen) atoms. The van der Waals surface area contributed by atoms with Crippen molar-refractivity contribution < 1.29 is 19.4 Å². The lowest BCUT2D eigenvalue weighted by Gasteiger charge is -2.37. The predicted molar refractivity (Wildman–Crippen MR) is 72.7 cm³/mol. The molecule has 0 aromatic carbocycles. The van der Waals surface area contributed by atoms with Gasteiger partial charge in [0.15, 0.2) is 5.41 Å². The van der Waals surface area contributed by atoms with Gasteiger partial charge in [-0.15, -0.1) is 0 Å². The summed E-state index contributed by atoms with van der Waals surface area (Å²) in [5, 5.41) is 9.48. The lowest BCUT2D eigenvalue weighted by atomic mass is 9.68. The van der Waals surface area contributed by atoms with Crippen LogP contribution in [0.1, 0.15) is 60.3 Å². The van der Waals surface area contributed by atoms with Gasteiger partial charge in [0.1, 0.15) is 5.60 Å². The molecule has 0 radical (unpaired) electrons. The number of carbonyl (C=O) groups is 2. The average molecular weight is 270 g/mol. The maximum Gasteiger partial charge on any atom is 0.323 e. The van der Waals surface area contributed by atoms with Gasteiger partial charge in [0, 0.05) is 0 Å². The molecule has 0 saturated heterocycles.